The molecule has 1 atom stereocenters. The van der Waals surface area contributed by atoms with Crippen LogP contribution in [0.4, 0.5) is 0 Å². The Kier molecular flexibility index (Phi) is 6.50. The number of rotatable bonds is 6. The van der Waals surface area contributed by atoms with Crippen LogP contribution in [0.15, 0.2) is 77.7 Å². The highest BCUT2D eigenvalue weighted by Crippen LogP contribution is 2.30. The van der Waals surface area contributed by atoms with Gasteiger partial charge >= 0.3 is 0 Å². The zero-order valence-corrected chi connectivity index (χ0v) is 19.1. The Balaban J connectivity index is 1.62. The number of ether oxygens (including phenoxy) is 1. The van der Waals surface area contributed by atoms with E-state index in [1.807, 2.05) is 36.4 Å². The van der Waals surface area contributed by atoms with Crippen LogP contribution >= 0.6 is 11.6 Å². The molecule has 3 aromatic rings. The number of benzene rings is 3. The first-order valence-corrected chi connectivity index (χ1v) is 11.9. The van der Waals surface area contributed by atoms with Gasteiger partial charge in [-0.05, 0) is 59.5 Å². The van der Waals surface area contributed by atoms with E-state index in [-0.39, 0.29) is 23.9 Å². The van der Waals surface area contributed by atoms with E-state index >= 15 is 0 Å². The molecule has 1 amide bonds. The van der Waals surface area contributed by atoms with Crippen LogP contribution < -0.4 is 10.1 Å². The molecule has 1 heterocycles. The molecular formula is C24H23ClN2O4S. The van der Waals surface area contributed by atoms with Crippen LogP contribution in [0.25, 0.3) is 0 Å². The summed E-state index contributed by atoms with van der Waals surface area (Å²) in [5.74, 6) is 0.219. The molecule has 4 rings (SSSR count). The first-order valence-electron chi connectivity index (χ1n) is 10.1. The Morgan fingerprint density at radius 1 is 1.03 bits per heavy atom. The minimum Gasteiger partial charge on any atom is -0.497 e. The summed E-state index contributed by atoms with van der Waals surface area (Å²) in [5, 5.41) is 3.49. The van der Waals surface area contributed by atoms with Gasteiger partial charge in [0, 0.05) is 18.1 Å². The summed E-state index contributed by atoms with van der Waals surface area (Å²) in [6.07, 6.45) is 0.304. The Morgan fingerprint density at radius 2 is 1.69 bits per heavy atom. The zero-order valence-electron chi connectivity index (χ0n) is 17.5. The van der Waals surface area contributed by atoms with Crippen molar-refractivity contribution in [1.29, 1.82) is 0 Å². The van der Waals surface area contributed by atoms with Gasteiger partial charge in [0.05, 0.1) is 12.0 Å². The number of hydrogen-bond acceptors (Lipinski definition) is 4. The van der Waals surface area contributed by atoms with Gasteiger partial charge in [0.15, 0.2) is 0 Å². The molecule has 8 heteroatoms. The Hall–Kier alpha value is -2.87. The first kappa shape index (κ1) is 22.3. The third-order valence-electron chi connectivity index (χ3n) is 5.55. The van der Waals surface area contributed by atoms with Crippen LogP contribution in [0.2, 0.25) is 5.02 Å². The monoisotopic (exact) mass is 470 g/mol. The molecule has 6 nitrogen and oxygen atoms in total. The molecular weight excluding hydrogens is 448 g/mol. The minimum absolute atomic E-state index is 0.119. The SMILES string of the molecule is COc1ccc(S(=O)(=O)N2Cc3ccccc3CC2C(=O)NCc2ccc(Cl)cc2)cc1. The standard InChI is InChI=1S/C24H23ClN2O4S/c1-31-21-10-12-22(13-11-21)32(29,30)27-16-19-5-3-2-4-18(19)14-23(27)24(28)26-15-17-6-8-20(25)9-7-17/h2-13,23H,14-16H2,1H3,(H,26,28). The summed E-state index contributed by atoms with van der Waals surface area (Å²) in [5.41, 5.74) is 2.75. The normalized spacial score (nSPS) is 16.2. The maximum Gasteiger partial charge on any atom is 0.244 e. The lowest BCUT2D eigenvalue weighted by atomic mass is 9.95. The lowest BCUT2D eigenvalue weighted by Crippen LogP contribution is -2.52. The number of sulfonamides is 1. The van der Waals surface area contributed by atoms with E-state index in [4.69, 9.17) is 16.3 Å². The van der Waals surface area contributed by atoms with Crippen LogP contribution in [-0.2, 0) is 34.3 Å². The van der Waals surface area contributed by atoms with Gasteiger partial charge < -0.3 is 10.1 Å². The van der Waals surface area contributed by atoms with Crippen molar-refractivity contribution < 1.29 is 17.9 Å². The summed E-state index contributed by atoms with van der Waals surface area (Å²) in [4.78, 5) is 13.3. The van der Waals surface area contributed by atoms with Crippen LogP contribution in [0.3, 0.4) is 0 Å². The van der Waals surface area contributed by atoms with Crippen LogP contribution in [-0.4, -0.2) is 31.8 Å². The molecule has 1 N–H and O–H groups in total. The molecule has 0 bridgehead atoms. The fraction of sp³-hybridized carbons (Fsp3) is 0.208. The predicted molar refractivity (Wildman–Crippen MR) is 123 cm³/mol. The molecule has 0 radical (unpaired) electrons. The smallest absolute Gasteiger partial charge is 0.244 e. The third-order valence-corrected chi connectivity index (χ3v) is 7.68. The second kappa shape index (κ2) is 9.32. The molecule has 0 saturated heterocycles. The molecule has 0 aromatic heterocycles. The molecule has 0 fully saturated rings. The zero-order chi connectivity index (χ0) is 22.7. The van der Waals surface area contributed by atoms with Crippen molar-refractivity contribution in [2.24, 2.45) is 0 Å². The van der Waals surface area contributed by atoms with E-state index in [0.29, 0.717) is 17.2 Å². The fourth-order valence-corrected chi connectivity index (χ4v) is 5.46. The summed E-state index contributed by atoms with van der Waals surface area (Å²) in [7, 11) is -2.39. The van der Waals surface area contributed by atoms with E-state index < -0.39 is 16.1 Å². The number of carbonyl (C=O) groups is 1. The molecule has 0 spiro atoms. The summed E-state index contributed by atoms with van der Waals surface area (Å²) < 4.78 is 33.4. The van der Waals surface area contributed by atoms with Gasteiger partial charge in [-0.1, -0.05) is 48.0 Å². The van der Waals surface area contributed by atoms with Crippen molar-refractivity contribution in [3.05, 3.63) is 94.5 Å². The topological polar surface area (TPSA) is 75.7 Å². The lowest BCUT2D eigenvalue weighted by Gasteiger charge is -2.35. The molecule has 1 aliphatic heterocycles. The Morgan fingerprint density at radius 3 is 2.34 bits per heavy atom. The Labute approximate surface area is 192 Å². The van der Waals surface area contributed by atoms with E-state index in [1.54, 1.807) is 24.3 Å². The molecule has 1 unspecified atom stereocenters. The highest BCUT2D eigenvalue weighted by Gasteiger charge is 2.39. The molecule has 1 aliphatic rings. The summed E-state index contributed by atoms with van der Waals surface area (Å²) in [6, 6.07) is 20.1. The van der Waals surface area contributed by atoms with Crippen molar-refractivity contribution in [1.82, 2.24) is 9.62 Å². The van der Waals surface area contributed by atoms with Gasteiger partial charge in [0.1, 0.15) is 11.8 Å². The number of halogens is 1. The van der Waals surface area contributed by atoms with Gasteiger partial charge in [-0.2, -0.15) is 4.31 Å². The van der Waals surface area contributed by atoms with Crippen molar-refractivity contribution in [3.8, 4) is 5.75 Å². The number of amides is 1. The van der Waals surface area contributed by atoms with Gasteiger partial charge in [-0.15, -0.1) is 0 Å². The largest absolute Gasteiger partial charge is 0.497 e. The van der Waals surface area contributed by atoms with Crippen LogP contribution in [0, 0.1) is 0 Å². The number of fused-ring (bicyclic) bond motifs is 1. The second-order valence-electron chi connectivity index (χ2n) is 7.56. The first-order chi connectivity index (χ1) is 15.4. The number of hydrogen-bond donors (Lipinski definition) is 1. The fourth-order valence-electron chi connectivity index (χ4n) is 3.77. The van der Waals surface area contributed by atoms with E-state index in [2.05, 4.69) is 5.32 Å². The highest BCUT2D eigenvalue weighted by atomic mass is 35.5. The Bertz CT molecular complexity index is 1210. The highest BCUT2D eigenvalue weighted by molar-refractivity contribution is 7.89. The number of methoxy groups -OCH3 is 1. The molecule has 0 saturated carbocycles. The second-order valence-corrected chi connectivity index (χ2v) is 9.89. The number of carbonyl (C=O) groups excluding carboxylic acids is 1. The lowest BCUT2D eigenvalue weighted by molar-refractivity contribution is -0.125. The molecule has 0 aliphatic carbocycles. The van der Waals surface area contributed by atoms with E-state index in [1.165, 1.54) is 23.5 Å². The maximum absolute atomic E-state index is 13.5. The number of nitrogens with zero attached hydrogens (tertiary/aromatic N) is 1. The predicted octanol–water partition coefficient (Wildman–Crippen LogP) is 3.78. The van der Waals surface area contributed by atoms with Crippen LogP contribution in [0.5, 0.6) is 5.75 Å². The maximum atomic E-state index is 13.5. The van der Waals surface area contributed by atoms with Crippen molar-refractivity contribution >= 4 is 27.5 Å². The molecule has 32 heavy (non-hydrogen) atoms. The number of nitrogens with one attached hydrogen (secondary N) is 1. The minimum atomic E-state index is -3.91. The van der Waals surface area contributed by atoms with Gasteiger partial charge in [0.25, 0.3) is 0 Å². The van der Waals surface area contributed by atoms with Crippen molar-refractivity contribution in [3.63, 3.8) is 0 Å². The van der Waals surface area contributed by atoms with Crippen molar-refractivity contribution in [2.75, 3.05) is 7.11 Å². The summed E-state index contributed by atoms with van der Waals surface area (Å²) >= 11 is 5.92. The average molecular weight is 471 g/mol. The summed E-state index contributed by atoms with van der Waals surface area (Å²) in [6.45, 7) is 0.411. The van der Waals surface area contributed by atoms with Gasteiger partial charge in [-0.3, -0.25) is 4.79 Å². The van der Waals surface area contributed by atoms with Crippen LogP contribution in [0.1, 0.15) is 16.7 Å². The van der Waals surface area contributed by atoms with E-state index in [0.717, 1.165) is 16.7 Å². The van der Waals surface area contributed by atoms with Crippen molar-refractivity contribution in [2.45, 2.75) is 30.4 Å². The molecule has 3 aromatic carbocycles. The molecule has 166 valence electrons. The van der Waals surface area contributed by atoms with Gasteiger partial charge in [0.2, 0.25) is 15.9 Å². The third kappa shape index (κ3) is 4.65. The van der Waals surface area contributed by atoms with E-state index in [9.17, 15) is 13.2 Å². The quantitative estimate of drug-likeness (QED) is 0.595. The average Bonchev–Trinajstić information content (AvgIpc) is 2.82. The van der Waals surface area contributed by atoms with Gasteiger partial charge in [-0.25, -0.2) is 8.42 Å².